The SMILES string of the molecule is CC(C)CC(NC(=O)C(Cc1c[nH]cn1)NC(=O)C(Cc1cccc2ccccc12)Cc1cccc2ccccc12)C(O)C(=O)O. The molecule has 0 aliphatic rings. The topological polar surface area (TPSA) is 144 Å². The number of amides is 2. The largest absolute Gasteiger partial charge is 0.479 e. The van der Waals surface area contributed by atoms with Gasteiger partial charge in [-0.2, -0.15) is 0 Å². The molecule has 46 heavy (non-hydrogen) atoms. The summed E-state index contributed by atoms with van der Waals surface area (Å²) in [6.45, 7) is 3.75. The molecule has 0 saturated carbocycles. The van der Waals surface area contributed by atoms with E-state index in [9.17, 15) is 24.6 Å². The van der Waals surface area contributed by atoms with Crippen molar-refractivity contribution >= 4 is 39.3 Å². The number of aliphatic hydroxyl groups excluding tert-OH is 1. The van der Waals surface area contributed by atoms with Crippen LogP contribution in [-0.4, -0.2) is 56.2 Å². The fraction of sp³-hybridized carbons (Fsp3) is 0.297. The van der Waals surface area contributed by atoms with E-state index in [-0.39, 0.29) is 24.7 Å². The van der Waals surface area contributed by atoms with E-state index in [2.05, 4.69) is 20.6 Å². The number of aliphatic carboxylic acids is 1. The van der Waals surface area contributed by atoms with E-state index in [1.807, 2.05) is 98.8 Å². The third kappa shape index (κ3) is 7.97. The van der Waals surface area contributed by atoms with Gasteiger partial charge in [0.15, 0.2) is 6.10 Å². The third-order valence-corrected chi connectivity index (χ3v) is 8.35. The van der Waals surface area contributed by atoms with Gasteiger partial charge < -0.3 is 25.8 Å². The van der Waals surface area contributed by atoms with Crippen LogP contribution in [0, 0.1) is 11.8 Å². The first-order valence-corrected chi connectivity index (χ1v) is 15.6. The van der Waals surface area contributed by atoms with Gasteiger partial charge in [0.05, 0.1) is 18.1 Å². The highest BCUT2D eigenvalue weighted by Crippen LogP contribution is 2.26. The number of aliphatic hydroxyl groups is 1. The van der Waals surface area contributed by atoms with Crippen molar-refractivity contribution in [3.63, 3.8) is 0 Å². The van der Waals surface area contributed by atoms with Gasteiger partial charge in [-0.25, -0.2) is 9.78 Å². The number of carbonyl (C=O) groups excluding carboxylic acids is 2. The smallest absolute Gasteiger partial charge is 0.334 e. The fourth-order valence-electron chi connectivity index (χ4n) is 6.07. The van der Waals surface area contributed by atoms with Gasteiger partial charge in [0, 0.05) is 18.5 Å². The van der Waals surface area contributed by atoms with Gasteiger partial charge >= 0.3 is 5.97 Å². The molecule has 9 heteroatoms. The summed E-state index contributed by atoms with van der Waals surface area (Å²) >= 11 is 0. The van der Waals surface area contributed by atoms with Gasteiger partial charge in [0.2, 0.25) is 11.8 Å². The van der Waals surface area contributed by atoms with Crippen LogP contribution >= 0.6 is 0 Å². The summed E-state index contributed by atoms with van der Waals surface area (Å²) in [4.78, 5) is 46.8. The molecule has 238 valence electrons. The second-order valence-electron chi connectivity index (χ2n) is 12.2. The molecular formula is C37H40N4O5. The first-order valence-electron chi connectivity index (χ1n) is 15.6. The number of imidazole rings is 1. The maximum atomic E-state index is 14.3. The minimum atomic E-state index is -1.79. The summed E-state index contributed by atoms with van der Waals surface area (Å²) in [5.41, 5.74) is 2.60. The molecule has 5 N–H and O–H groups in total. The Morgan fingerprint density at radius 2 is 1.33 bits per heavy atom. The number of benzene rings is 4. The zero-order valence-electron chi connectivity index (χ0n) is 26.0. The maximum absolute atomic E-state index is 14.3. The lowest BCUT2D eigenvalue weighted by atomic mass is 9.87. The lowest BCUT2D eigenvalue weighted by Crippen LogP contribution is -2.55. The Bertz CT molecular complexity index is 1710. The molecule has 0 saturated heterocycles. The van der Waals surface area contributed by atoms with Gasteiger partial charge in [-0.15, -0.1) is 0 Å². The van der Waals surface area contributed by atoms with E-state index in [1.165, 1.54) is 6.33 Å². The summed E-state index contributed by atoms with van der Waals surface area (Å²) in [7, 11) is 0. The van der Waals surface area contributed by atoms with Crippen molar-refractivity contribution in [3.8, 4) is 0 Å². The van der Waals surface area contributed by atoms with Gasteiger partial charge in [0.25, 0.3) is 0 Å². The summed E-state index contributed by atoms with van der Waals surface area (Å²) in [5, 5.41) is 29.8. The Morgan fingerprint density at radius 3 is 1.85 bits per heavy atom. The molecule has 3 atom stereocenters. The van der Waals surface area contributed by atoms with Crippen LogP contribution in [0.15, 0.2) is 97.5 Å². The molecule has 0 aliphatic carbocycles. The summed E-state index contributed by atoms with van der Waals surface area (Å²) in [6, 6.07) is 26.1. The second kappa shape index (κ2) is 14.8. The molecule has 3 unspecified atom stereocenters. The standard InChI is InChI=1S/C37H40N4O5/c1-23(2)17-32(34(42)37(45)46)40-36(44)33(20-29-21-38-22-39-29)41-35(43)28(18-26-13-7-11-24-9-3-5-15-30(24)26)19-27-14-8-12-25-10-4-6-16-31(25)27/h3-16,21-23,28,32-34,42H,17-20H2,1-2H3,(H,38,39)(H,40,44)(H,41,43)(H,45,46). The Labute approximate surface area is 268 Å². The fourth-order valence-corrected chi connectivity index (χ4v) is 6.07. The zero-order valence-corrected chi connectivity index (χ0v) is 26.0. The summed E-state index contributed by atoms with van der Waals surface area (Å²) in [5.74, 6) is -2.86. The molecule has 0 bridgehead atoms. The first kappa shape index (κ1) is 32.4. The van der Waals surface area contributed by atoms with Crippen LogP contribution in [0.1, 0.15) is 37.1 Å². The highest BCUT2D eigenvalue weighted by atomic mass is 16.4. The number of fused-ring (bicyclic) bond motifs is 2. The van der Waals surface area contributed by atoms with Crippen molar-refractivity contribution < 1.29 is 24.6 Å². The first-order chi connectivity index (χ1) is 22.2. The Hall–Kier alpha value is -5.02. The van der Waals surface area contributed by atoms with Crippen molar-refractivity contribution in [2.75, 3.05) is 0 Å². The van der Waals surface area contributed by atoms with Crippen molar-refractivity contribution in [1.29, 1.82) is 0 Å². The summed E-state index contributed by atoms with van der Waals surface area (Å²) in [6.07, 6.45) is 2.53. The molecule has 5 rings (SSSR count). The minimum absolute atomic E-state index is 0.00412. The van der Waals surface area contributed by atoms with Crippen LogP contribution in [0.2, 0.25) is 0 Å². The van der Waals surface area contributed by atoms with E-state index >= 15 is 0 Å². The number of nitrogens with zero attached hydrogens (tertiary/aromatic N) is 1. The average molecular weight is 621 g/mol. The van der Waals surface area contributed by atoms with Crippen LogP contribution < -0.4 is 10.6 Å². The van der Waals surface area contributed by atoms with Gasteiger partial charge in [0.1, 0.15) is 6.04 Å². The van der Waals surface area contributed by atoms with Crippen LogP contribution in [0.5, 0.6) is 0 Å². The Balaban J connectivity index is 1.47. The molecule has 0 radical (unpaired) electrons. The molecule has 1 aromatic heterocycles. The third-order valence-electron chi connectivity index (χ3n) is 8.35. The van der Waals surface area contributed by atoms with Crippen LogP contribution in [0.3, 0.4) is 0 Å². The molecule has 1 heterocycles. The normalized spacial score (nSPS) is 13.5. The molecular weight excluding hydrogens is 580 g/mol. The van der Waals surface area contributed by atoms with Gasteiger partial charge in [-0.3, -0.25) is 9.59 Å². The number of aromatic nitrogens is 2. The average Bonchev–Trinajstić information content (AvgIpc) is 3.56. The number of hydrogen-bond donors (Lipinski definition) is 5. The maximum Gasteiger partial charge on any atom is 0.334 e. The lowest BCUT2D eigenvalue weighted by molar-refractivity contribution is -0.149. The zero-order chi connectivity index (χ0) is 32.6. The van der Waals surface area contributed by atoms with Crippen molar-refractivity contribution in [2.45, 2.75) is 57.7 Å². The quantitative estimate of drug-likeness (QED) is 0.120. The van der Waals surface area contributed by atoms with E-state index in [0.717, 1.165) is 32.7 Å². The highest BCUT2D eigenvalue weighted by Gasteiger charge is 2.33. The van der Waals surface area contributed by atoms with Crippen LogP contribution in [0.25, 0.3) is 21.5 Å². The molecule has 9 nitrogen and oxygen atoms in total. The Morgan fingerprint density at radius 1 is 0.761 bits per heavy atom. The predicted molar refractivity (Wildman–Crippen MR) is 178 cm³/mol. The lowest BCUT2D eigenvalue weighted by Gasteiger charge is -2.27. The number of hydrogen-bond acceptors (Lipinski definition) is 5. The predicted octanol–water partition coefficient (Wildman–Crippen LogP) is 4.82. The highest BCUT2D eigenvalue weighted by molar-refractivity contribution is 5.91. The molecule has 2 amide bonds. The minimum Gasteiger partial charge on any atom is -0.479 e. The van der Waals surface area contributed by atoms with Gasteiger partial charge in [-0.1, -0.05) is 98.8 Å². The number of carbonyl (C=O) groups is 3. The number of carboxylic acid groups (broad SMARTS) is 1. The number of H-pyrrole nitrogens is 1. The number of aromatic amines is 1. The number of nitrogens with one attached hydrogen (secondary N) is 3. The van der Waals surface area contributed by atoms with Crippen molar-refractivity contribution in [3.05, 3.63) is 114 Å². The molecule has 0 spiro atoms. The monoisotopic (exact) mass is 620 g/mol. The molecule has 4 aromatic carbocycles. The van der Waals surface area contributed by atoms with Crippen molar-refractivity contribution in [1.82, 2.24) is 20.6 Å². The van der Waals surface area contributed by atoms with Crippen LogP contribution in [-0.2, 0) is 33.6 Å². The van der Waals surface area contributed by atoms with E-state index in [4.69, 9.17) is 0 Å². The van der Waals surface area contributed by atoms with Gasteiger partial charge in [-0.05, 0) is 57.9 Å². The molecule has 5 aromatic rings. The second-order valence-corrected chi connectivity index (χ2v) is 12.2. The number of carboxylic acids is 1. The van der Waals surface area contributed by atoms with Crippen molar-refractivity contribution in [2.24, 2.45) is 11.8 Å². The Kier molecular flexibility index (Phi) is 10.4. The summed E-state index contributed by atoms with van der Waals surface area (Å²) < 4.78 is 0. The van der Waals surface area contributed by atoms with E-state index in [1.54, 1.807) is 6.20 Å². The van der Waals surface area contributed by atoms with Crippen LogP contribution in [0.4, 0.5) is 0 Å². The van der Waals surface area contributed by atoms with E-state index < -0.39 is 36.0 Å². The molecule has 0 fully saturated rings. The number of rotatable bonds is 14. The molecule has 0 aliphatic heterocycles. The van der Waals surface area contributed by atoms with E-state index in [0.29, 0.717) is 18.5 Å².